The predicted molar refractivity (Wildman–Crippen MR) is 92.3 cm³/mol. The normalized spacial score (nSPS) is 32.2. The molecule has 0 spiro atoms. The van der Waals surface area contributed by atoms with Crippen molar-refractivity contribution in [1.82, 2.24) is 4.90 Å². The summed E-state index contributed by atoms with van der Waals surface area (Å²) in [6, 6.07) is 5.68. The number of benzene rings is 1. The van der Waals surface area contributed by atoms with Crippen molar-refractivity contribution < 1.29 is 5.11 Å². The Morgan fingerprint density at radius 1 is 1.09 bits per heavy atom. The van der Waals surface area contributed by atoms with Crippen molar-refractivity contribution in [3.05, 3.63) is 34.4 Å². The third kappa shape index (κ3) is 2.61. The first-order valence-electron chi connectivity index (χ1n) is 9.05. The fourth-order valence-corrected chi connectivity index (χ4v) is 4.95. The van der Waals surface area contributed by atoms with Crippen molar-refractivity contribution in [3.63, 3.8) is 0 Å². The van der Waals surface area contributed by atoms with Gasteiger partial charge in [0.05, 0.1) is 5.60 Å². The summed E-state index contributed by atoms with van der Waals surface area (Å²) in [4.78, 5) is 2.53. The molecule has 122 valence electrons. The average molecular weight is 301 g/mol. The topological polar surface area (TPSA) is 23.5 Å². The third-order valence-electron chi connectivity index (χ3n) is 6.05. The maximum atomic E-state index is 11.7. The number of rotatable bonds is 3. The second-order valence-electron chi connectivity index (χ2n) is 7.51. The first-order chi connectivity index (χ1) is 10.5. The second kappa shape index (κ2) is 5.98. The van der Waals surface area contributed by atoms with Crippen molar-refractivity contribution in [2.45, 2.75) is 83.4 Å². The zero-order chi connectivity index (χ0) is 15.9. The van der Waals surface area contributed by atoms with Crippen LogP contribution in [0, 0.1) is 6.92 Å². The first-order valence-corrected chi connectivity index (χ1v) is 9.05. The van der Waals surface area contributed by atoms with Crippen LogP contribution in [0.25, 0.3) is 0 Å². The van der Waals surface area contributed by atoms with Gasteiger partial charge in [0, 0.05) is 12.1 Å². The molecule has 0 radical (unpaired) electrons. The summed E-state index contributed by atoms with van der Waals surface area (Å²) < 4.78 is 0. The van der Waals surface area contributed by atoms with Gasteiger partial charge in [0.15, 0.2) is 0 Å². The predicted octanol–water partition coefficient (Wildman–Crippen LogP) is 3.95. The van der Waals surface area contributed by atoms with Crippen LogP contribution in [0.5, 0.6) is 0 Å². The van der Waals surface area contributed by atoms with Crippen LogP contribution in [0.1, 0.15) is 68.2 Å². The van der Waals surface area contributed by atoms with Gasteiger partial charge < -0.3 is 10.0 Å². The molecule has 1 aromatic carbocycles. The van der Waals surface area contributed by atoms with E-state index in [4.69, 9.17) is 0 Å². The maximum absolute atomic E-state index is 11.7. The van der Waals surface area contributed by atoms with Gasteiger partial charge in [-0.1, -0.05) is 38.0 Å². The van der Waals surface area contributed by atoms with E-state index in [1.54, 1.807) is 0 Å². The van der Waals surface area contributed by atoms with Crippen LogP contribution in [-0.2, 0) is 18.4 Å². The van der Waals surface area contributed by atoms with E-state index >= 15 is 0 Å². The molecule has 0 amide bonds. The number of fused-ring (bicyclic) bond motifs is 2. The van der Waals surface area contributed by atoms with Crippen molar-refractivity contribution in [2.75, 3.05) is 7.05 Å². The molecule has 2 aliphatic rings. The number of aryl methyl sites for hydroxylation is 3. The van der Waals surface area contributed by atoms with Crippen LogP contribution in [0.15, 0.2) is 12.1 Å². The number of hydrogen-bond donors (Lipinski definition) is 1. The molecule has 2 nitrogen and oxygen atoms in total. The molecule has 0 saturated carbocycles. The van der Waals surface area contributed by atoms with Gasteiger partial charge in [0.25, 0.3) is 0 Å². The smallest absolute Gasteiger partial charge is 0.0931 e. The van der Waals surface area contributed by atoms with Gasteiger partial charge in [-0.05, 0) is 69.2 Å². The van der Waals surface area contributed by atoms with E-state index in [1.165, 1.54) is 41.5 Å². The van der Waals surface area contributed by atoms with Crippen molar-refractivity contribution in [1.29, 1.82) is 0 Å². The standard InChI is InChI=1S/C20H31NO/c1-5-15-10-14(3)11-16(6-2)19(15)20(22)12-17-8-7-9-18(13-20)21(17)4/h10-11,17-18,22H,5-9,12-13H2,1-4H3. The Hall–Kier alpha value is -0.860. The fraction of sp³-hybridized carbons (Fsp3) is 0.700. The van der Waals surface area contributed by atoms with E-state index in [0.29, 0.717) is 12.1 Å². The van der Waals surface area contributed by atoms with Crippen LogP contribution >= 0.6 is 0 Å². The highest BCUT2D eigenvalue weighted by Gasteiger charge is 2.46. The first kappa shape index (κ1) is 16.0. The van der Waals surface area contributed by atoms with Crippen LogP contribution in [0.4, 0.5) is 0 Å². The molecule has 2 fully saturated rings. The highest BCUT2D eigenvalue weighted by Crippen LogP contribution is 2.46. The van der Waals surface area contributed by atoms with Crippen LogP contribution in [0.2, 0.25) is 0 Å². The van der Waals surface area contributed by atoms with E-state index in [2.05, 4.69) is 44.9 Å². The molecule has 0 aromatic heterocycles. The Kier molecular flexibility index (Phi) is 4.35. The number of piperidine rings is 2. The monoisotopic (exact) mass is 301 g/mol. The third-order valence-corrected chi connectivity index (χ3v) is 6.05. The molecule has 1 N–H and O–H groups in total. The lowest BCUT2D eigenvalue weighted by Gasteiger charge is -2.51. The molecule has 2 atom stereocenters. The summed E-state index contributed by atoms with van der Waals surface area (Å²) in [5, 5.41) is 11.7. The molecule has 2 aliphatic heterocycles. The highest BCUT2D eigenvalue weighted by molar-refractivity contribution is 5.43. The summed E-state index contributed by atoms with van der Waals surface area (Å²) in [6.07, 6.45) is 7.64. The Morgan fingerprint density at radius 2 is 1.59 bits per heavy atom. The van der Waals surface area contributed by atoms with Crippen LogP contribution < -0.4 is 0 Å². The number of aliphatic hydroxyl groups is 1. The van der Waals surface area contributed by atoms with E-state index in [9.17, 15) is 5.11 Å². The summed E-state index contributed by atoms with van der Waals surface area (Å²) in [7, 11) is 2.25. The van der Waals surface area contributed by atoms with E-state index in [1.807, 2.05) is 0 Å². The summed E-state index contributed by atoms with van der Waals surface area (Å²) in [6.45, 7) is 6.61. The Morgan fingerprint density at radius 3 is 2.05 bits per heavy atom. The van der Waals surface area contributed by atoms with Gasteiger partial charge in [-0.25, -0.2) is 0 Å². The van der Waals surface area contributed by atoms with Gasteiger partial charge >= 0.3 is 0 Å². The quantitative estimate of drug-likeness (QED) is 0.913. The van der Waals surface area contributed by atoms with E-state index in [-0.39, 0.29) is 0 Å². The molecule has 0 aliphatic carbocycles. The van der Waals surface area contributed by atoms with Gasteiger partial charge in [0.1, 0.15) is 0 Å². The molecule has 3 rings (SSSR count). The zero-order valence-electron chi connectivity index (χ0n) is 14.7. The van der Waals surface area contributed by atoms with E-state index in [0.717, 1.165) is 25.7 Å². The minimum absolute atomic E-state index is 0.549. The van der Waals surface area contributed by atoms with Gasteiger partial charge in [-0.3, -0.25) is 0 Å². The molecule has 2 saturated heterocycles. The number of nitrogens with zero attached hydrogens (tertiary/aromatic N) is 1. The summed E-state index contributed by atoms with van der Waals surface area (Å²) in [5.41, 5.74) is 4.71. The molecule has 2 heteroatoms. The average Bonchev–Trinajstić information content (AvgIpc) is 2.48. The minimum atomic E-state index is -0.618. The Bertz CT molecular complexity index is 512. The van der Waals surface area contributed by atoms with Gasteiger partial charge in [0.2, 0.25) is 0 Å². The van der Waals surface area contributed by atoms with Crippen LogP contribution in [-0.4, -0.2) is 29.1 Å². The lowest BCUT2D eigenvalue weighted by atomic mass is 9.70. The fourth-order valence-electron chi connectivity index (χ4n) is 4.95. The second-order valence-corrected chi connectivity index (χ2v) is 7.51. The SMILES string of the molecule is CCc1cc(C)cc(CC)c1C1(O)CC2CCCC(C1)N2C. The van der Waals surface area contributed by atoms with Crippen molar-refractivity contribution in [2.24, 2.45) is 0 Å². The Labute approximate surface area is 135 Å². The minimum Gasteiger partial charge on any atom is -0.385 e. The highest BCUT2D eigenvalue weighted by atomic mass is 16.3. The van der Waals surface area contributed by atoms with Crippen LogP contribution in [0.3, 0.4) is 0 Å². The largest absolute Gasteiger partial charge is 0.385 e. The summed E-state index contributed by atoms with van der Waals surface area (Å²) in [5.74, 6) is 0. The van der Waals surface area contributed by atoms with E-state index < -0.39 is 5.60 Å². The molecule has 1 aromatic rings. The summed E-state index contributed by atoms with van der Waals surface area (Å²) >= 11 is 0. The zero-order valence-corrected chi connectivity index (χ0v) is 14.7. The molecule has 2 unspecified atom stereocenters. The lowest BCUT2D eigenvalue weighted by molar-refractivity contribution is -0.0883. The molecular formula is C20H31NO. The number of hydrogen-bond acceptors (Lipinski definition) is 2. The lowest BCUT2D eigenvalue weighted by Crippen LogP contribution is -2.55. The molecule has 22 heavy (non-hydrogen) atoms. The maximum Gasteiger partial charge on any atom is 0.0931 e. The van der Waals surface area contributed by atoms with Crippen molar-refractivity contribution in [3.8, 4) is 0 Å². The molecule has 2 heterocycles. The van der Waals surface area contributed by atoms with Crippen molar-refractivity contribution >= 4 is 0 Å². The molecular weight excluding hydrogens is 270 g/mol. The van der Waals surface area contributed by atoms with Gasteiger partial charge in [-0.2, -0.15) is 0 Å². The Balaban J connectivity index is 2.06. The van der Waals surface area contributed by atoms with Gasteiger partial charge in [-0.15, -0.1) is 0 Å². The molecule has 2 bridgehead atoms.